The lowest BCUT2D eigenvalue weighted by atomic mass is 10.1. The van der Waals surface area contributed by atoms with Gasteiger partial charge in [0, 0.05) is 23.0 Å². The van der Waals surface area contributed by atoms with E-state index < -0.39 is 0 Å². The number of hydrogen-bond donors (Lipinski definition) is 1. The van der Waals surface area contributed by atoms with Crippen molar-refractivity contribution in [3.05, 3.63) is 34.1 Å². The van der Waals surface area contributed by atoms with Crippen LogP contribution in [0.15, 0.2) is 27.2 Å². The quantitative estimate of drug-likeness (QED) is 0.942. The number of likely N-dealkylation sites (N-methyl/N-ethyl adjacent to an activating group) is 1. The fourth-order valence-electron chi connectivity index (χ4n) is 1.49. The minimum atomic E-state index is 0.576. The molecule has 2 aromatic rings. The molecule has 17 heavy (non-hydrogen) atoms. The first-order chi connectivity index (χ1) is 8.20. The minimum Gasteiger partial charge on any atom is -0.334 e. The zero-order chi connectivity index (χ0) is 12.3. The second-order valence-electron chi connectivity index (χ2n) is 3.83. The molecule has 0 aliphatic carbocycles. The molecule has 1 aromatic heterocycles. The van der Waals surface area contributed by atoms with Crippen molar-refractivity contribution in [1.82, 2.24) is 15.5 Å². The molecule has 1 aromatic carbocycles. The first-order valence-corrected chi connectivity index (χ1v) is 6.23. The molecule has 2 rings (SSSR count). The molecule has 0 fully saturated rings. The summed E-state index contributed by atoms with van der Waals surface area (Å²) in [5.41, 5.74) is 2.10. The molecule has 1 N–H and O–H groups in total. The topological polar surface area (TPSA) is 51.0 Å². The average molecular weight is 296 g/mol. The summed E-state index contributed by atoms with van der Waals surface area (Å²) in [7, 11) is 1.90. The Morgan fingerprint density at radius 2 is 2.24 bits per heavy atom. The van der Waals surface area contributed by atoms with Crippen molar-refractivity contribution in [1.29, 1.82) is 0 Å². The van der Waals surface area contributed by atoms with E-state index in [1.807, 2.05) is 32.2 Å². The summed E-state index contributed by atoms with van der Waals surface area (Å²) in [5, 5.41) is 7.00. The lowest BCUT2D eigenvalue weighted by molar-refractivity contribution is 0.422. The van der Waals surface area contributed by atoms with E-state index in [-0.39, 0.29) is 0 Å². The third-order valence-electron chi connectivity index (χ3n) is 2.47. The Bertz CT molecular complexity index is 510. The van der Waals surface area contributed by atoms with Crippen molar-refractivity contribution in [3.63, 3.8) is 0 Å². The van der Waals surface area contributed by atoms with E-state index in [1.165, 1.54) is 0 Å². The third-order valence-corrected chi connectivity index (χ3v) is 3.36. The fourth-order valence-corrected chi connectivity index (χ4v) is 1.73. The Balaban J connectivity index is 2.21. The summed E-state index contributed by atoms with van der Waals surface area (Å²) in [5.74, 6) is 1.31. The lowest BCUT2D eigenvalue weighted by Crippen LogP contribution is -2.10. The van der Waals surface area contributed by atoms with Gasteiger partial charge in [-0.2, -0.15) is 4.98 Å². The second kappa shape index (κ2) is 5.42. The highest BCUT2D eigenvalue weighted by molar-refractivity contribution is 9.10. The van der Waals surface area contributed by atoms with Crippen molar-refractivity contribution in [2.45, 2.75) is 13.3 Å². The molecule has 0 spiro atoms. The van der Waals surface area contributed by atoms with E-state index in [0.717, 1.165) is 34.4 Å². The van der Waals surface area contributed by atoms with Gasteiger partial charge < -0.3 is 9.84 Å². The molecule has 90 valence electrons. The van der Waals surface area contributed by atoms with E-state index in [2.05, 4.69) is 31.4 Å². The molecule has 0 saturated carbocycles. The summed E-state index contributed by atoms with van der Waals surface area (Å²) in [4.78, 5) is 4.36. The molecule has 0 radical (unpaired) electrons. The maximum Gasteiger partial charge on any atom is 0.257 e. The first-order valence-electron chi connectivity index (χ1n) is 5.44. The molecule has 0 saturated heterocycles. The third kappa shape index (κ3) is 2.92. The van der Waals surface area contributed by atoms with Gasteiger partial charge in [0.25, 0.3) is 5.89 Å². The summed E-state index contributed by atoms with van der Waals surface area (Å²) < 4.78 is 6.32. The van der Waals surface area contributed by atoms with Crippen molar-refractivity contribution in [3.8, 4) is 11.5 Å². The van der Waals surface area contributed by atoms with Gasteiger partial charge in [-0.25, -0.2) is 0 Å². The zero-order valence-electron chi connectivity index (χ0n) is 9.83. The number of nitrogens with one attached hydrogen (secondary N) is 1. The molecule has 0 bridgehead atoms. The minimum absolute atomic E-state index is 0.576. The molecule has 0 amide bonds. The van der Waals surface area contributed by atoms with Crippen LogP contribution in [0.3, 0.4) is 0 Å². The van der Waals surface area contributed by atoms with E-state index in [9.17, 15) is 0 Å². The highest BCUT2D eigenvalue weighted by atomic mass is 79.9. The number of aryl methyl sites for hydroxylation is 1. The Labute approximate surface area is 109 Å². The number of aromatic nitrogens is 2. The maximum atomic E-state index is 5.24. The fraction of sp³-hybridized carbons (Fsp3) is 0.333. The molecule has 0 aliphatic heterocycles. The van der Waals surface area contributed by atoms with Gasteiger partial charge in [0.15, 0.2) is 5.82 Å². The van der Waals surface area contributed by atoms with Crippen LogP contribution < -0.4 is 5.32 Å². The summed E-state index contributed by atoms with van der Waals surface area (Å²) in [6.45, 7) is 2.88. The molecular formula is C12H14BrN3O. The number of hydrogen-bond acceptors (Lipinski definition) is 4. The van der Waals surface area contributed by atoms with Crippen LogP contribution in [0.1, 0.15) is 11.4 Å². The Morgan fingerprint density at radius 3 is 2.94 bits per heavy atom. The highest BCUT2D eigenvalue weighted by Gasteiger charge is 2.09. The normalized spacial score (nSPS) is 10.8. The van der Waals surface area contributed by atoms with Crippen LogP contribution in [0, 0.1) is 6.92 Å². The SMILES string of the molecule is CNCCc1noc(-c2ccc(Br)c(C)c2)n1. The lowest BCUT2D eigenvalue weighted by Gasteiger charge is -1.99. The Kier molecular flexibility index (Phi) is 3.91. The van der Waals surface area contributed by atoms with Crippen LogP contribution in [0.25, 0.3) is 11.5 Å². The number of nitrogens with zero attached hydrogens (tertiary/aromatic N) is 2. The summed E-state index contributed by atoms with van der Waals surface area (Å²) in [6.07, 6.45) is 0.773. The van der Waals surface area contributed by atoms with Gasteiger partial charge in [-0.1, -0.05) is 21.1 Å². The number of rotatable bonds is 4. The summed E-state index contributed by atoms with van der Waals surface area (Å²) >= 11 is 3.47. The summed E-state index contributed by atoms with van der Waals surface area (Å²) in [6, 6.07) is 5.98. The molecule has 0 aliphatic rings. The zero-order valence-corrected chi connectivity index (χ0v) is 11.4. The van der Waals surface area contributed by atoms with Gasteiger partial charge in [0.1, 0.15) is 0 Å². The predicted octanol–water partition coefficient (Wildman–Crippen LogP) is 2.57. The van der Waals surface area contributed by atoms with Crippen LogP contribution in [0.2, 0.25) is 0 Å². The first kappa shape index (κ1) is 12.3. The Hall–Kier alpha value is -1.20. The van der Waals surface area contributed by atoms with Crippen LogP contribution in [-0.4, -0.2) is 23.7 Å². The number of halogens is 1. The van der Waals surface area contributed by atoms with Crippen molar-refractivity contribution in [2.24, 2.45) is 0 Å². The van der Waals surface area contributed by atoms with E-state index in [4.69, 9.17) is 4.52 Å². The molecule has 5 heteroatoms. The van der Waals surface area contributed by atoms with E-state index in [1.54, 1.807) is 0 Å². The number of benzene rings is 1. The largest absolute Gasteiger partial charge is 0.334 e. The van der Waals surface area contributed by atoms with Gasteiger partial charge in [-0.05, 0) is 37.7 Å². The van der Waals surface area contributed by atoms with E-state index >= 15 is 0 Å². The van der Waals surface area contributed by atoms with Crippen molar-refractivity contribution < 1.29 is 4.52 Å². The van der Waals surface area contributed by atoms with E-state index in [0.29, 0.717) is 5.89 Å². The van der Waals surface area contributed by atoms with Gasteiger partial charge in [0.05, 0.1) is 0 Å². The van der Waals surface area contributed by atoms with Crippen LogP contribution in [0.4, 0.5) is 0 Å². The van der Waals surface area contributed by atoms with Crippen molar-refractivity contribution in [2.75, 3.05) is 13.6 Å². The van der Waals surface area contributed by atoms with Crippen LogP contribution >= 0.6 is 15.9 Å². The second-order valence-corrected chi connectivity index (χ2v) is 4.69. The standard InChI is InChI=1S/C12H14BrN3O/c1-8-7-9(3-4-10(8)13)12-15-11(16-17-12)5-6-14-2/h3-4,7,14H,5-6H2,1-2H3. The maximum absolute atomic E-state index is 5.24. The van der Waals surface area contributed by atoms with Crippen LogP contribution in [0.5, 0.6) is 0 Å². The molecular weight excluding hydrogens is 282 g/mol. The molecule has 0 unspecified atom stereocenters. The van der Waals surface area contributed by atoms with Gasteiger partial charge in [-0.15, -0.1) is 0 Å². The van der Waals surface area contributed by atoms with Crippen molar-refractivity contribution >= 4 is 15.9 Å². The van der Waals surface area contributed by atoms with Gasteiger partial charge >= 0.3 is 0 Å². The molecule has 0 atom stereocenters. The molecule has 4 nitrogen and oxygen atoms in total. The van der Waals surface area contributed by atoms with Gasteiger partial charge in [0.2, 0.25) is 0 Å². The monoisotopic (exact) mass is 295 g/mol. The highest BCUT2D eigenvalue weighted by Crippen LogP contribution is 2.23. The van der Waals surface area contributed by atoms with Crippen LogP contribution in [-0.2, 0) is 6.42 Å². The smallest absolute Gasteiger partial charge is 0.257 e. The Morgan fingerprint density at radius 1 is 1.41 bits per heavy atom. The predicted molar refractivity (Wildman–Crippen MR) is 69.8 cm³/mol. The average Bonchev–Trinajstić information content (AvgIpc) is 2.79. The van der Waals surface area contributed by atoms with Gasteiger partial charge in [-0.3, -0.25) is 0 Å². The molecule has 1 heterocycles.